The molecule has 0 spiro atoms. The number of rotatable bonds is 5. The van der Waals surface area contributed by atoms with Crippen LogP contribution in [0.5, 0.6) is 0 Å². The number of piperazine rings is 1. The molecule has 160 valence electrons. The first-order chi connectivity index (χ1) is 14.6. The first-order valence-electron chi connectivity index (χ1n) is 10.5. The average Bonchev–Trinajstić information content (AvgIpc) is 3.44. The highest BCUT2D eigenvalue weighted by Gasteiger charge is 2.22. The van der Waals surface area contributed by atoms with Gasteiger partial charge in [0.1, 0.15) is 0 Å². The summed E-state index contributed by atoms with van der Waals surface area (Å²) in [7, 11) is 0. The number of likely N-dealkylation sites (tertiary alicyclic amines) is 1. The van der Waals surface area contributed by atoms with Crippen molar-refractivity contribution in [3.05, 3.63) is 56.2 Å². The predicted molar refractivity (Wildman–Crippen MR) is 123 cm³/mol. The Morgan fingerprint density at radius 2 is 1.73 bits per heavy atom. The van der Waals surface area contributed by atoms with Crippen LogP contribution in [0.3, 0.4) is 0 Å². The molecule has 2 saturated heterocycles. The van der Waals surface area contributed by atoms with E-state index in [1.165, 1.54) is 4.88 Å². The maximum atomic E-state index is 12.6. The van der Waals surface area contributed by atoms with Crippen molar-refractivity contribution in [2.24, 2.45) is 0 Å². The molecular formula is C22H27BrN4O2S. The van der Waals surface area contributed by atoms with Crippen molar-refractivity contribution in [3.63, 3.8) is 0 Å². The fourth-order valence-electron chi connectivity index (χ4n) is 3.97. The molecule has 3 heterocycles. The van der Waals surface area contributed by atoms with E-state index >= 15 is 0 Å². The summed E-state index contributed by atoms with van der Waals surface area (Å²) in [5.74, 6) is 0.0922. The number of urea groups is 1. The summed E-state index contributed by atoms with van der Waals surface area (Å²) >= 11 is 5.27. The monoisotopic (exact) mass is 490 g/mol. The molecule has 0 aliphatic carbocycles. The maximum absolute atomic E-state index is 12.6. The summed E-state index contributed by atoms with van der Waals surface area (Å²) in [6.07, 6.45) is 2.17. The predicted octanol–water partition coefficient (Wildman–Crippen LogP) is 3.77. The lowest BCUT2D eigenvalue weighted by atomic mass is 10.1. The zero-order chi connectivity index (χ0) is 20.9. The normalized spacial score (nSPS) is 17.4. The number of hydrogen-bond acceptors (Lipinski definition) is 4. The van der Waals surface area contributed by atoms with Crippen LogP contribution in [0.2, 0.25) is 0 Å². The minimum absolute atomic E-state index is 0.0372. The lowest BCUT2D eigenvalue weighted by Crippen LogP contribution is -2.51. The molecule has 0 radical (unpaired) electrons. The molecule has 0 bridgehead atoms. The highest BCUT2D eigenvalue weighted by molar-refractivity contribution is 9.11. The number of carbonyl (C=O) groups is 2. The molecule has 30 heavy (non-hydrogen) atoms. The van der Waals surface area contributed by atoms with Gasteiger partial charge in [0.05, 0.1) is 3.79 Å². The minimum Gasteiger partial charge on any atom is -0.339 e. The first kappa shape index (κ1) is 21.3. The Hall–Kier alpha value is -1.90. The molecule has 0 atom stereocenters. The molecule has 8 heteroatoms. The van der Waals surface area contributed by atoms with Crippen LogP contribution in [0.15, 0.2) is 40.2 Å². The number of nitrogens with zero attached hydrogens (tertiary/aromatic N) is 3. The summed E-state index contributed by atoms with van der Waals surface area (Å²) in [6, 6.07) is 11.8. The fourth-order valence-corrected chi connectivity index (χ4v) is 5.50. The van der Waals surface area contributed by atoms with Crippen molar-refractivity contribution in [3.8, 4) is 0 Å². The Balaban J connectivity index is 1.24. The quantitative estimate of drug-likeness (QED) is 0.693. The smallest absolute Gasteiger partial charge is 0.317 e. The Bertz CT molecular complexity index is 889. The van der Waals surface area contributed by atoms with Gasteiger partial charge >= 0.3 is 6.03 Å². The third-order valence-corrected chi connectivity index (χ3v) is 7.29. The zero-order valence-electron chi connectivity index (χ0n) is 17.0. The van der Waals surface area contributed by atoms with Crippen molar-refractivity contribution in [1.29, 1.82) is 0 Å². The molecule has 0 unspecified atom stereocenters. The van der Waals surface area contributed by atoms with Gasteiger partial charge in [-0.05, 0) is 58.6 Å². The average molecular weight is 491 g/mol. The summed E-state index contributed by atoms with van der Waals surface area (Å²) in [5.41, 5.74) is 1.66. The molecule has 0 saturated carbocycles. The number of hydrogen-bond donors (Lipinski definition) is 1. The summed E-state index contributed by atoms with van der Waals surface area (Å²) in [4.78, 5) is 32.7. The van der Waals surface area contributed by atoms with Crippen LogP contribution in [0.4, 0.5) is 4.79 Å². The molecule has 3 amide bonds. The van der Waals surface area contributed by atoms with Crippen LogP contribution < -0.4 is 5.32 Å². The lowest BCUT2D eigenvalue weighted by Gasteiger charge is -2.34. The van der Waals surface area contributed by atoms with E-state index in [1.54, 1.807) is 11.3 Å². The Morgan fingerprint density at radius 3 is 2.43 bits per heavy atom. The Morgan fingerprint density at radius 1 is 0.967 bits per heavy atom. The van der Waals surface area contributed by atoms with E-state index in [0.29, 0.717) is 12.1 Å². The van der Waals surface area contributed by atoms with E-state index in [2.05, 4.69) is 38.3 Å². The molecule has 2 aliphatic rings. The van der Waals surface area contributed by atoms with Gasteiger partial charge in [-0.15, -0.1) is 11.3 Å². The van der Waals surface area contributed by atoms with Crippen LogP contribution in [-0.4, -0.2) is 65.9 Å². The number of carbonyl (C=O) groups excluding carboxylic acids is 2. The van der Waals surface area contributed by atoms with E-state index in [0.717, 1.165) is 68.0 Å². The van der Waals surface area contributed by atoms with Crippen LogP contribution >= 0.6 is 27.3 Å². The summed E-state index contributed by atoms with van der Waals surface area (Å²) in [6.45, 7) is 6.27. The van der Waals surface area contributed by atoms with Gasteiger partial charge in [-0.1, -0.05) is 12.1 Å². The maximum Gasteiger partial charge on any atom is 0.317 e. The van der Waals surface area contributed by atoms with Crippen LogP contribution in [-0.2, 0) is 13.1 Å². The second kappa shape index (κ2) is 9.94. The molecule has 2 aromatic rings. The highest BCUT2D eigenvalue weighted by Crippen LogP contribution is 2.23. The standard InChI is InChI=1S/C22H27BrN4O2S/c23-20-7-6-19(30-20)16-25-10-12-27(13-11-25)22(29)24-15-17-4-3-5-18(14-17)21(28)26-8-1-2-9-26/h3-7,14H,1-2,8-13,15-16H2,(H,24,29). The first-order valence-corrected chi connectivity index (χ1v) is 12.1. The second-order valence-electron chi connectivity index (χ2n) is 7.83. The molecule has 6 nitrogen and oxygen atoms in total. The van der Waals surface area contributed by atoms with Gasteiger partial charge in [-0.25, -0.2) is 4.79 Å². The topological polar surface area (TPSA) is 55.9 Å². The summed E-state index contributed by atoms with van der Waals surface area (Å²) in [5, 5.41) is 3.01. The Labute approximate surface area is 190 Å². The number of thiophene rings is 1. The van der Waals surface area contributed by atoms with E-state index in [4.69, 9.17) is 0 Å². The van der Waals surface area contributed by atoms with Gasteiger partial charge in [0, 0.05) is 62.8 Å². The van der Waals surface area contributed by atoms with E-state index in [-0.39, 0.29) is 11.9 Å². The van der Waals surface area contributed by atoms with Gasteiger partial charge < -0.3 is 15.1 Å². The van der Waals surface area contributed by atoms with Gasteiger partial charge in [-0.2, -0.15) is 0 Å². The van der Waals surface area contributed by atoms with Crippen molar-refractivity contribution in [2.75, 3.05) is 39.3 Å². The molecular weight excluding hydrogens is 464 g/mol. The number of benzene rings is 1. The van der Waals surface area contributed by atoms with Crippen molar-refractivity contribution in [1.82, 2.24) is 20.0 Å². The van der Waals surface area contributed by atoms with Gasteiger partial charge in [-0.3, -0.25) is 9.69 Å². The van der Waals surface area contributed by atoms with E-state index in [1.807, 2.05) is 34.1 Å². The van der Waals surface area contributed by atoms with E-state index in [9.17, 15) is 9.59 Å². The van der Waals surface area contributed by atoms with Gasteiger partial charge in [0.15, 0.2) is 0 Å². The fraction of sp³-hybridized carbons (Fsp3) is 0.455. The van der Waals surface area contributed by atoms with Crippen LogP contribution in [0.25, 0.3) is 0 Å². The van der Waals surface area contributed by atoms with Crippen molar-refractivity contribution in [2.45, 2.75) is 25.9 Å². The number of amides is 3. The molecule has 1 N–H and O–H groups in total. The van der Waals surface area contributed by atoms with Crippen molar-refractivity contribution < 1.29 is 9.59 Å². The third kappa shape index (κ3) is 5.42. The van der Waals surface area contributed by atoms with Gasteiger partial charge in [0.25, 0.3) is 5.91 Å². The van der Waals surface area contributed by atoms with E-state index < -0.39 is 0 Å². The van der Waals surface area contributed by atoms with Crippen molar-refractivity contribution >= 4 is 39.2 Å². The molecule has 2 fully saturated rings. The third-order valence-electron chi connectivity index (χ3n) is 5.68. The molecule has 4 rings (SSSR count). The molecule has 2 aliphatic heterocycles. The highest BCUT2D eigenvalue weighted by atomic mass is 79.9. The van der Waals surface area contributed by atoms with Crippen LogP contribution in [0.1, 0.15) is 33.6 Å². The lowest BCUT2D eigenvalue weighted by molar-refractivity contribution is 0.0792. The largest absolute Gasteiger partial charge is 0.339 e. The summed E-state index contributed by atoms with van der Waals surface area (Å²) < 4.78 is 1.15. The van der Waals surface area contributed by atoms with Gasteiger partial charge in [0.2, 0.25) is 0 Å². The minimum atomic E-state index is -0.0372. The number of halogens is 1. The number of nitrogens with one attached hydrogen (secondary N) is 1. The zero-order valence-corrected chi connectivity index (χ0v) is 19.4. The Kier molecular flexibility index (Phi) is 7.07. The second-order valence-corrected chi connectivity index (χ2v) is 10.4. The van der Waals surface area contributed by atoms with Crippen LogP contribution in [0, 0.1) is 0 Å². The SMILES string of the molecule is O=C(NCc1cccc(C(=O)N2CCCC2)c1)N1CCN(Cc2ccc(Br)s2)CC1. The molecule has 1 aromatic carbocycles. The molecule has 1 aromatic heterocycles.